The minimum absolute atomic E-state index is 0.0591. The lowest BCUT2D eigenvalue weighted by Gasteiger charge is -2.09. The Kier molecular flexibility index (Phi) is 6.04. The second-order valence-electron chi connectivity index (χ2n) is 5.02. The number of nitrogens with zero attached hydrogens (tertiary/aromatic N) is 2. The summed E-state index contributed by atoms with van der Waals surface area (Å²) in [6, 6.07) is 8.28. The van der Waals surface area contributed by atoms with Gasteiger partial charge in [0.25, 0.3) is 17.2 Å². The van der Waals surface area contributed by atoms with Gasteiger partial charge in [-0.15, -0.1) is 0 Å². The highest BCUT2D eigenvalue weighted by atomic mass is 16.6. The van der Waals surface area contributed by atoms with Gasteiger partial charge in [0.05, 0.1) is 18.1 Å². The third-order valence-electron chi connectivity index (χ3n) is 3.24. The fourth-order valence-electron chi connectivity index (χ4n) is 2.00. The van der Waals surface area contributed by atoms with Crippen LogP contribution in [0, 0.1) is 10.1 Å². The van der Waals surface area contributed by atoms with Crippen molar-refractivity contribution in [3.63, 3.8) is 0 Å². The summed E-state index contributed by atoms with van der Waals surface area (Å²) in [5.41, 5.74) is -0.807. The van der Waals surface area contributed by atoms with Crippen molar-refractivity contribution in [3.05, 3.63) is 63.1 Å². The number of aromatic nitrogens is 1. The minimum atomic E-state index is -0.794. The Balaban J connectivity index is 1.95. The lowest BCUT2D eigenvalue weighted by atomic mass is 10.2. The van der Waals surface area contributed by atoms with E-state index in [0.29, 0.717) is 0 Å². The maximum absolute atomic E-state index is 11.9. The largest absolute Gasteiger partial charge is 0.496 e. The predicted octanol–water partition coefficient (Wildman–Crippen LogP) is 0.947. The van der Waals surface area contributed by atoms with Crippen LogP contribution < -0.4 is 15.6 Å². The summed E-state index contributed by atoms with van der Waals surface area (Å²) < 4.78 is 10.8. The fourth-order valence-corrected chi connectivity index (χ4v) is 2.00. The first kappa shape index (κ1) is 18.6. The summed E-state index contributed by atoms with van der Waals surface area (Å²) in [5, 5.41) is 13.3. The number of pyridine rings is 1. The van der Waals surface area contributed by atoms with Crippen LogP contribution in [-0.4, -0.2) is 35.1 Å². The van der Waals surface area contributed by atoms with Crippen LogP contribution in [0.4, 0.5) is 11.4 Å². The van der Waals surface area contributed by atoms with Crippen molar-refractivity contribution >= 4 is 23.3 Å². The number of esters is 1. The molecule has 0 aliphatic heterocycles. The summed E-state index contributed by atoms with van der Waals surface area (Å²) in [5.74, 6) is -1.29. The van der Waals surface area contributed by atoms with E-state index in [2.05, 4.69) is 5.32 Å². The predicted molar refractivity (Wildman–Crippen MR) is 89.9 cm³/mol. The SMILES string of the molecule is COc1ccc(NC(=O)COC(=O)Cn2ccccc2=O)c([N+](=O)[O-])c1. The third kappa shape index (κ3) is 4.90. The number of hydrogen-bond donors (Lipinski definition) is 1. The van der Waals surface area contributed by atoms with Gasteiger partial charge < -0.3 is 19.4 Å². The van der Waals surface area contributed by atoms with Gasteiger partial charge >= 0.3 is 5.97 Å². The van der Waals surface area contributed by atoms with Crippen molar-refractivity contribution in [2.45, 2.75) is 6.54 Å². The highest BCUT2D eigenvalue weighted by Crippen LogP contribution is 2.28. The van der Waals surface area contributed by atoms with Crippen molar-refractivity contribution in [2.24, 2.45) is 0 Å². The van der Waals surface area contributed by atoms with Crippen molar-refractivity contribution in [3.8, 4) is 5.75 Å². The number of rotatable bonds is 7. The maximum Gasteiger partial charge on any atom is 0.326 e. The average Bonchev–Trinajstić information content (AvgIpc) is 2.62. The smallest absolute Gasteiger partial charge is 0.326 e. The molecule has 0 saturated carbocycles. The molecule has 0 aliphatic carbocycles. The number of methoxy groups -OCH3 is 1. The molecule has 0 aliphatic rings. The highest BCUT2D eigenvalue weighted by molar-refractivity contribution is 5.95. The molecule has 0 unspecified atom stereocenters. The highest BCUT2D eigenvalue weighted by Gasteiger charge is 2.18. The van der Waals surface area contributed by atoms with Crippen LogP contribution in [0.1, 0.15) is 0 Å². The summed E-state index contributed by atoms with van der Waals surface area (Å²) in [6.45, 7) is -1.00. The van der Waals surface area contributed by atoms with Gasteiger partial charge in [-0.2, -0.15) is 0 Å². The first-order valence-electron chi connectivity index (χ1n) is 7.34. The molecular formula is C16H15N3O7. The van der Waals surface area contributed by atoms with Crippen molar-refractivity contribution in [1.29, 1.82) is 0 Å². The van der Waals surface area contributed by atoms with E-state index in [9.17, 15) is 24.5 Å². The lowest BCUT2D eigenvalue weighted by Crippen LogP contribution is -2.27. The quantitative estimate of drug-likeness (QED) is 0.441. The number of carbonyl (C=O) groups excluding carboxylic acids is 2. The second kappa shape index (κ2) is 8.42. The summed E-state index contributed by atoms with van der Waals surface area (Å²) in [7, 11) is 1.36. The zero-order chi connectivity index (χ0) is 19.1. The monoisotopic (exact) mass is 361 g/mol. The number of benzene rings is 1. The molecule has 0 saturated heterocycles. The van der Waals surface area contributed by atoms with E-state index in [1.807, 2.05) is 0 Å². The summed E-state index contributed by atoms with van der Waals surface area (Å²) >= 11 is 0. The van der Waals surface area contributed by atoms with Gasteiger partial charge in [0, 0.05) is 12.3 Å². The van der Waals surface area contributed by atoms with Gasteiger partial charge in [-0.05, 0) is 18.2 Å². The Hall–Kier alpha value is -3.69. The Morgan fingerprint density at radius 1 is 1.27 bits per heavy atom. The van der Waals surface area contributed by atoms with E-state index in [1.54, 1.807) is 6.07 Å². The number of anilines is 1. The van der Waals surface area contributed by atoms with Gasteiger partial charge in [0.2, 0.25) is 0 Å². The number of nitro groups is 1. The van der Waals surface area contributed by atoms with E-state index in [-0.39, 0.29) is 29.2 Å². The number of hydrogen-bond acceptors (Lipinski definition) is 7. The topological polar surface area (TPSA) is 130 Å². The molecule has 0 fully saturated rings. The van der Waals surface area contributed by atoms with E-state index < -0.39 is 23.4 Å². The van der Waals surface area contributed by atoms with Crippen molar-refractivity contribution in [2.75, 3.05) is 19.0 Å². The van der Waals surface area contributed by atoms with Crippen molar-refractivity contribution < 1.29 is 24.0 Å². The van der Waals surface area contributed by atoms with Gasteiger partial charge in [-0.3, -0.25) is 24.5 Å². The Morgan fingerprint density at radius 2 is 2.04 bits per heavy atom. The maximum atomic E-state index is 11.9. The van der Waals surface area contributed by atoms with Crippen LogP contribution in [0.2, 0.25) is 0 Å². The van der Waals surface area contributed by atoms with Crippen molar-refractivity contribution in [1.82, 2.24) is 4.57 Å². The fraction of sp³-hybridized carbons (Fsp3) is 0.188. The van der Waals surface area contributed by atoms with Gasteiger partial charge in [-0.25, -0.2) is 0 Å². The molecule has 0 spiro atoms. The van der Waals surface area contributed by atoms with E-state index in [1.165, 1.54) is 37.6 Å². The molecule has 10 nitrogen and oxygen atoms in total. The molecular weight excluding hydrogens is 346 g/mol. The molecule has 1 aromatic carbocycles. The molecule has 26 heavy (non-hydrogen) atoms. The van der Waals surface area contributed by atoms with E-state index >= 15 is 0 Å². The number of carbonyl (C=O) groups is 2. The standard InChI is InChI=1S/C16H15N3O7/c1-25-11-5-6-12(13(8-11)19(23)24)17-14(20)10-26-16(22)9-18-7-3-2-4-15(18)21/h2-8H,9-10H2,1H3,(H,17,20). The first-order valence-corrected chi connectivity index (χ1v) is 7.34. The summed E-state index contributed by atoms with van der Waals surface area (Å²) in [6.07, 6.45) is 1.41. The number of nitrogens with one attached hydrogen (secondary N) is 1. The Bertz CT molecular complexity index is 891. The van der Waals surface area contributed by atoms with Crippen LogP contribution in [-0.2, 0) is 20.9 Å². The molecule has 1 N–H and O–H groups in total. The minimum Gasteiger partial charge on any atom is -0.496 e. The third-order valence-corrected chi connectivity index (χ3v) is 3.24. The second-order valence-corrected chi connectivity index (χ2v) is 5.02. The molecule has 0 radical (unpaired) electrons. The first-order chi connectivity index (χ1) is 12.4. The molecule has 2 rings (SSSR count). The Morgan fingerprint density at radius 3 is 2.69 bits per heavy atom. The lowest BCUT2D eigenvalue weighted by molar-refractivity contribution is -0.384. The van der Waals surface area contributed by atoms with Gasteiger partial charge in [0.15, 0.2) is 6.61 Å². The normalized spacial score (nSPS) is 10.0. The average molecular weight is 361 g/mol. The van der Waals surface area contributed by atoms with Crippen LogP contribution in [0.5, 0.6) is 5.75 Å². The zero-order valence-electron chi connectivity index (χ0n) is 13.7. The van der Waals surface area contributed by atoms with Crippen LogP contribution >= 0.6 is 0 Å². The van der Waals surface area contributed by atoms with E-state index in [4.69, 9.17) is 9.47 Å². The molecule has 136 valence electrons. The van der Waals surface area contributed by atoms with Crippen LogP contribution in [0.25, 0.3) is 0 Å². The van der Waals surface area contributed by atoms with Crippen LogP contribution in [0.3, 0.4) is 0 Å². The molecule has 2 aromatic rings. The van der Waals surface area contributed by atoms with Crippen LogP contribution in [0.15, 0.2) is 47.4 Å². The van der Waals surface area contributed by atoms with Gasteiger partial charge in [0.1, 0.15) is 18.0 Å². The molecule has 0 bridgehead atoms. The van der Waals surface area contributed by atoms with E-state index in [0.717, 1.165) is 10.6 Å². The van der Waals surface area contributed by atoms with Gasteiger partial charge in [-0.1, -0.05) is 6.07 Å². The zero-order valence-corrected chi connectivity index (χ0v) is 13.7. The number of nitro benzene ring substituents is 1. The molecule has 1 amide bonds. The summed E-state index contributed by atoms with van der Waals surface area (Å²) in [4.78, 5) is 45.4. The molecule has 10 heteroatoms. The molecule has 0 atom stereocenters. The molecule has 1 heterocycles. The number of ether oxygens (including phenoxy) is 2. The number of amides is 1. The molecule has 1 aromatic heterocycles. The Labute approximate surface area is 147 Å².